The van der Waals surface area contributed by atoms with E-state index in [1.807, 2.05) is 0 Å². The van der Waals surface area contributed by atoms with Gasteiger partial charge < -0.3 is 5.73 Å². The van der Waals surface area contributed by atoms with Crippen molar-refractivity contribution in [1.82, 2.24) is 8.61 Å². The molecule has 0 aromatic rings. The van der Waals surface area contributed by atoms with Gasteiger partial charge in [0.05, 0.1) is 6.54 Å². The fourth-order valence-electron chi connectivity index (χ4n) is 3.25. The minimum Gasteiger partial charge on any atom is -0.369 e. The Kier molecular flexibility index (Phi) is 5.04. The van der Waals surface area contributed by atoms with E-state index in [-0.39, 0.29) is 12.6 Å². The van der Waals surface area contributed by atoms with Crippen LogP contribution >= 0.6 is 0 Å². The molecule has 7 heteroatoms. The van der Waals surface area contributed by atoms with Gasteiger partial charge in [0.25, 0.3) is 10.2 Å². The molecule has 0 aromatic heterocycles. The molecule has 2 rings (SSSR count). The molecule has 0 spiro atoms. The van der Waals surface area contributed by atoms with Gasteiger partial charge in [0.15, 0.2) is 0 Å². The molecule has 1 aliphatic heterocycles. The Morgan fingerprint density at radius 2 is 1.90 bits per heavy atom. The molecule has 0 bridgehead atoms. The average molecular weight is 303 g/mol. The number of nitrogens with zero attached hydrogens (tertiary/aromatic N) is 2. The van der Waals surface area contributed by atoms with Crippen LogP contribution in [0.4, 0.5) is 0 Å². The highest BCUT2D eigenvalue weighted by Crippen LogP contribution is 2.28. The van der Waals surface area contributed by atoms with E-state index in [2.05, 4.69) is 6.92 Å². The minimum atomic E-state index is -3.57. The summed E-state index contributed by atoms with van der Waals surface area (Å²) in [6, 6.07) is -0.0651. The SMILES string of the molecule is CC1CCCN(S(=O)(=O)N(CC(N)=O)C2CCCC2)C1. The molecule has 1 aliphatic carbocycles. The van der Waals surface area contributed by atoms with Gasteiger partial charge in [0, 0.05) is 19.1 Å². The second kappa shape index (κ2) is 6.41. The van der Waals surface area contributed by atoms with E-state index in [0.717, 1.165) is 38.5 Å². The summed E-state index contributed by atoms with van der Waals surface area (Å²) in [5.74, 6) is -0.205. The summed E-state index contributed by atoms with van der Waals surface area (Å²) < 4.78 is 28.5. The lowest BCUT2D eigenvalue weighted by molar-refractivity contribution is -0.118. The molecule has 2 N–H and O–H groups in total. The van der Waals surface area contributed by atoms with Crippen LogP contribution in [0.3, 0.4) is 0 Å². The van der Waals surface area contributed by atoms with Gasteiger partial charge in [0.2, 0.25) is 5.91 Å². The van der Waals surface area contributed by atoms with Gasteiger partial charge in [-0.2, -0.15) is 17.0 Å². The fraction of sp³-hybridized carbons (Fsp3) is 0.923. The molecule has 1 unspecified atom stereocenters. The van der Waals surface area contributed by atoms with Crippen LogP contribution in [0.25, 0.3) is 0 Å². The molecule has 2 aliphatic rings. The molecule has 1 saturated carbocycles. The lowest BCUT2D eigenvalue weighted by Gasteiger charge is -2.36. The number of primary amides is 1. The van der Waals surface area contributed by atoms with Gasteiger partial charge in [0.1, 0.15) is 0 Å². The van der Waals surface area contributed by atoms with Gasteiger partial charge in [-0.3, -0.25) is 4.79 Å². The molecule has 1 atom stereocenters. The number of hydrogen-bond acceptors (Lipinski definition) is 3. The van der Waals surface area contributed by atoms with E-state index >= 15 is 0 Å². The second-order valence-electron chi connectivity index (χ2n) is 6.06. The summed E-state index contributed by atoms with van der Waals surface area (Å²) in [5, 5.41) is 0. The zero-order valence-corrected chi connectivity index (χ0v) is 12.9. The molecule has 6 nitrogen and oxygen atoms in total. The minimum absolute atomic E-state index is 0.0651. The van der Waals surface area contributed by atoms with Crippen molar-refractivity contribution in [2.45, 2.75) is 51.5 Å². The van der Waals surface area contributed by atoms with Crippen LogP contribution < -0.4 is 5.73 Å². The summed E-state index contributed by atoms with van der Waals surface area (Å²) in [6.45, 7) is 2.96. The van der Waals surface area contributed by atoms with Crippen LogP contribution in [0.1, 0.15) is 45.4 Å². The van der Waals surface area contributed by atoms with Gasteiger partial charge in [-0.1, -0.05) is 19.8 Å². The maximum Gasteiger partial charge on any atom is 0.282 e. The number of nitrogens with two attached hydrogens (primary N) is 1. The van der Waals surface area contributed by atoms with Crippen molar-refractivity contribution in [2.75, 3.05) is 19.6 Å². The van der Waals surface area contributed by atoms with Gasteiger partial charge in [-0.25, -0.2) is 0 Å². The van der Waals surface area contributed by atoms with E-state index in [1.165, 1.54) is 8.61 Å². The monoisotopic (exact) mass is 303 g/mol. The largest absolute Gasteiger partial charge is 0.369 e. The molecular weight excluding hydrogens is 278 g/mol. The Hall–Kier alpha value is -0.660. The molecule has 116 valence electrons. The highest BCUT2D eigenvalue weighted by molar-refractivity contribution is 7.86. The molecular formula is C13H25N3O3S. The average Bonchev–Trinajstić information content (AvgIpc) is 2.89. The number of carbonyl (C=O) groups excluding carboxylic acids is 1. The maximum absolute atomic E-state index is 12.8. The van der Waals surface area contributed by atoms with E-state index in [4.69, 9.17) is 5.73 Å². The summed E-state index contributed by atoms with van der Waals surface area (Å²) in [7, 11) is -3.57. The number of carbonyl (C=O) groups is 1. The predicted octanol–water partition coefficient (Wildman–Crippen LogP) is 0.693. The van der Waals surface area contributed by atoms with Crippen molar-refractivity contribution in [1.29, 1.82) is 0 Å². The Labute approximate surface area is 121 Å². The van der Waals surface area contributed by atoms with Crippen LogP contribution in [-0.4, -0.2) is 48.6 Å². The van der Waals surface area contributed by atoms with Crippen molar-refractivity contribution < 1.29 is 13.2 Å². The summed E-state index contributed by atoms with van der Waals surface area (Å²) in [5.41, 5.74) is 5.25. The third-order valence-electron chi connectivity index (χ3n) is 4.29. The van der Waals surface area contributed by atoms with Crippen molar-refractivity contribution in [2.24, 2.45) is 11.7 Å². The lowest BCUT2D eigenvalue weighted by Crippen LogP contribution is -2.52. The van der Waals surface area contributed by atoms with E-state index in [0.29, 0.717) is 19.0 Å². The van der Waals surface area contributed by atoms with Crippen molar-refractivity contribution in [3.63, 3.8) is 0 Å². The molecule has 1 amide bonds. The summed E-state index contributed by atoms with van der Waals surface area (Å²) in [4.78, 5) is 11.3. The van der Waals surface area contributed by atoms with Crippen molar-refractivity contribution in [3.05, 3.63) is 0 Å². The molecule has 0 radical (unpaired) electrons. The van der Waals surface area contributed by atoms with Gasteiger partial charge in [-0.05, 0) is 31.6 Å². The predicted molar refractivity (Wildman–Crippen MR) is 77.0 cm³/mol. The van der Waals surface area contributed by atoms with Gasteiger partial charge in [-0.15, -0.1) is 0 Å². The molecule has 0 aromatic carbocycles. The Morgan fingerprint density at radius 3 is 2.45 bits per heavy atom. The first kappa shape index (κ1) is 15.7. The first-order chi connectivity index (χ1) is 9.41. The maximum atomic E-state index is 12.8. The van der Waals surface area contributed by atoms with E-state index in [1.54, 1.807) is 0 Å². The molecule has 1 heterocycles. The third kappa shape index (κ3) is 3.51. The standard InChI is InChI=1S/C13H25N3O3S/c1-11-5-4-8-15(9-11)20(18,19)16(10-13(14)17)12-6-2-3-7-12/h11-12H,2-10H2,1H3,(H2,14,17). The van der Waals surface area contributed by atoms with Crippen LogP contribution in [0.2, 0.25) is 0 Å². The Bertz CT molecular complexity index is 446. The number of rotatable bonds is 5. The summed E-state index contributed by atoms with van der Waals surface area (Å²) >= 11 is 0. The Balaban J connectivity index is 2.18. The highest BCUT2D eigenvalue weighted by atomic mass is 32.2. The quantitative estimate of drug-likeness (QED) is 0.811. The zero-order valence-electron chi connectivity index (χ0n) is 12.1. The van der Waals surface area contributed by atoms with Crippen LogP contribution in [0.5, 0.6) is 0 Å². The normalized spacial score (nSPS) is 26.2. The molecule has 1 saturated heterocycles. The van der Waals surface area contributed by atoms with E-state index < -0.39 is 16.1 Å². The fourth-order valence-corrected chi connectivity index (χ4v) is 5.23. The third-order valence-corrected chi connectivity index (χ3v) is 6.29. The van der Waals surface area contributed by atoms with Crippen LogP contribution in [-0.2, 0) is 15.0 Å². The van der Waals surface area contributed by atoms with Gasteiger partial charge >= 0.3 is 0 Å². The zero-order chi connectivity index (χ0) is 14.8. The van der Waals surface area contributed by atoms with Crippen molar-refractivity contribution >= 4 is 16.1 Å². The lowest BCUT2D eigenvalue weighted by atomic mass is 10.0. The molecule has 20 heavy (non-hydrogen) atoms. The second-order valence-corrected chi connectivity index (χ2v) is 7.94. The summed E-state index contributed by atoms with van der Waals surface area (Å²) in [6.07, 6.45) is 5.64. The number of hydrogen-bond donors (Lipinski definition) is 1. The van der Waals surface area contributed by atoms with Crippen molar-refractivity contribution in [3.8, 4) is 0 Å². The number of piperidine rings is 1. The smallest absolute Gasteiger partial charge is 0.282 e. The Morgan fingerprint density at radius 1 is 1.25 bits per heavy atom. The first-order valence-electron chi connectivity index (χ1n) is 7.46. The number of amides is 1. The topological polar surface area (TPSA) is 83.7 Å². The molecule has 2 fully saturated rings. The first-order valence-corrected chi connectivity index (χ1v) is 8.86. The van der Waals surface area contributed by atoms with Crippen LogP contribution in [0.15, 0.2) is 0 Å². The van der Waals surface area contributed by atoms with E-state index in [9.17, 15) is 13.2 Å². The van der Waals surface area contributed by atoms with Crippen LogP contribution in [0, 0.1) is 5.92 Å². The highest BCUT2D eigenvalue weighted by Gasteiger charge is 2.38.